The molecule has 1 unspecified atom stereocenters. The highest BCUT2D eigenvalue weighted by Crippen LogP contribution is 2.34. The Hall–Kier alpha value is -1.37. The first kappa shape index (κ1) is 22.3. The molecule has 3 rings (SSSR count). The number of likely N-dealkylation sites (tertiary alicyclic amines) is 1. The van der Waals surface area contributed by atoms with Gasteiger partial charge in [-0.2, -0.15) is 0 Å². The van der Waals surface area contributed by atoms with Crippen LogP contribution in [0.5, 0.6) is 0 Å². The minimum absolute atomic E-state index is 0.0336. The molecule has 0 bridgehead atoms. The summed E-state index contributed by atoms with van der Waals surface area (Å²) in [5.41, 5.74) is 1.25. The van der Waals surface area contributed by atoms with E-state index in [1.165, 1.54) is 0 Å². The highest BCUT2D eigenvalue weighted by atomic mass is 28.4. The predicted octanol–water partition coefficient (Wildman–Crippen LogP) is 5.21. The first-order valence-corrected chi connectivity index (χ1v) is 14.0. The van der Waals surface area contributed by atoms with Crippen molar-refractivity contribution in [3.8, 4) is 0 Å². The fourth-order valence-corrected chi connectivity index (χ4v) is 8.40. The third-order valence-corrected chi connectivity index (χ3v) is 8.34. The average Bonchev–Trinajstić information content (AvgIpc) is 3.44. The molecule has 3 atom stereocenters. The maximum atomic E-state index is 12.9. The van der Waals surface area contributed by atoms with Crippen LogP contribution in [-0.4, -0.2) is 50.7 Å². The van der Waals surface area contributed by atoms with Gasteiger partial charge in [0.2, 0.25) is 0 Å². The van der Waals surface area contributed by atoms with Gasteiger partial charge < -0.3 is 18.8 Å². The van der Waals surface area contributed by atoms with Crippen LogP contribution in [0.25, 0.3) is 0 Å². The Balaban J connectivity index is 1.66. The van der Waals surface area contributed by atoms with Gasteiger partial charge in [0.1, 0.15) is 6.61 Å². The molecule has 2 saturated heterocycles. The molecular weight excluding hydrogens is 382 g/mol. The monoisotopic (exact) mass is 419 g/mol. The molecule has 5 nitrogen and oxygen atoms in total. The Labute approximate surface area is 176 Å². The second kappa shape index (κ2) is 9.19. The van der Waals surface area contributed by atoms with E-state index in [0.29, 0.717) is 6.61 Å². The number of rotatable bonds is 7. The second-order valence-electron chi connectivity index (χ2n) is 10.3. The van der Waals surface area contributed by atoms with Crippen LogP contribution in [0.3, 0.4) is 0 Å². The molecule has 162 valence electrons. The Morgan fingerprint density at radius 2 is 1.93 bits per heavy atom. The summed E-state index contributed by atoms with van der Waals surface area (Å²) in [5, 5.41) is 0. The number of amides is 1. The zero-order chi connectivity index (χ0) is 21.1. The molecule has 0 aliphatic carbocycles. The van der Waals surface area contributed by atoms with Crippen molar-refractivity contribution in [2.24, 2.45) is 5.41 Å². The number of epoxide rings is 1. The molecule has 6 heteroatoms. The summed E-state index contributed by atoms with van der Waals surface area (Å²) < 4.78 is 17.9. The zero-order valence-electron chi connectivity index (χ0n) is 18.6. The number of ether oxygens (including phenoxy) is 2. The van der Waals surface area contributed by atoms with E-state index in [1.54, 1.807) is 0 Å². The number of benzene rings is 1. The van der Waals surface area contributed by atoms with Gasteiger partial charge in [0.15, 0.2) is 8.32 Å². The highest BCUT2D eigenvalue weighted by Gasteiger charge is 2.43. The number of carbonyl (C=O) groups is 1. The van der Waals surface area contributed by atoms with Gasteiger partial charge in [-0.25, -0.2) is 4.79 Å². The standard InChI is InChI=1S/C23H37NO4Si/c1-23(2,3)17-29(4,5)28-21-12-9-13-24(20(21)14-19-16-26-19)22(25)27-15-18-10-7-6-8-11-18/h6-8,10-11,19-21H,9,12-17H2,1-5H3/t19?,20-,21+/m1/s1. The van der Waals surface area contributed by atoms with Crippen molar-refractivity contribution in [1.29, 1.82) is 0 Å². The van der Waals surface area contributed by atoms with E-state index >= 15 is 0 Å². The molecule has 2 aliphatic rings. The lowest BCUT2D eigenvalue weighted by molar-refractivity contribution is 0.00465. The van der Waals surface area contributed by atoms with E-state index in [9.17, 15) is 4.79 Å². The average molecular weight is 420 g/mol. The molecule has 2 heterocycles. The largest absolute Gasteiger partial charge is 0.445 e. The molecule has 1 aromatic rings. The van der Waals surface area contributed by atoms with Gasteiger partial charge >= 0.3 is 6.09 Å². The molecule has 2 aliphatic heterocycles. The molecule has 0 spiro atoms. The van der Waals surface area contributed by atoms with Crippen LogP contribution in [0.2, 0.25) is 19.1 Å². The number of hydrogen-bond donors (Lipinski definition) is 0. The van der Waals surface area contributed by atoms with Crippen LogP contribution in [0, 0.1) is 5.41 Å². The number of nitrogens with zero attached hydrogens (tertiary/aromatic N) is 1. The summed E-state index contributed by atoms with van der Waals surface area (Å²) in [6.45, 7) is 13.2. The lowest BCUT2D eigenvalue weighted by Gasteiger charge is -2.44. The van der Waals surface area contributed by atoms with Gasteiger partial charge in [0, 0.05) is 6.54 Å². The maximum Gasteiger partial charge on any atom is 0.410 e. The molecule has 1 amide bonds. The van der Waals surface area contributed by atoms with Crippen molar-refractivity contribution >= 4 is 14.4 Å². The first-order chi connectivity index (χ1) is 13.6. The smallest absolute Gasteiger partial charge is 0.410 e. The van der Waals surface area contributed by atoms with Gasteiger partial charge in [0.25, 0.3) is 0 Å². The summed E-state index contributed by atoms with van der Waals surface area (Å²) in [5.74, 6) is 0. The fraction of sp³-hybridized carbons (Fsp3) is 0.696. The van der Waals surface area contributed by atoms with Crippen molar-refractivity contribution in [3.05, 3.63) is 35.9 Å². The molecule has 1 aromatic carbocycles. The van der Waals surface area contributed by atoms with E-state index < -0.39 is 8.32 Å². The third kappa shape index (κ3) is 7.12. The summed E-state index contributed by atoms with van der Waals surface area (Å²) >= 11 is 0. The quantitative estimate of drug-likeness (QED) is 0.449. The van der Waals surface area contributed by atoms with Crippen molar-refractivity contribution in [3.63, 3.8) is 0 Å². The summed E-state index contributed by atoms with van der Waals surface area (Å²) in [6.07, 6.45) is 2.88. The molecular formula is C23H37NO4Si. The van der Waals surface area contributed by atoms with Crippen LogP contribution < -0.4 is 0 Å². The van der Waals surface area contributed by atoms with Crippen molar-refractivity contribution < 1.29 is 18.7 Å². The minimum atomic E-state index is -1.85. The zero-order valence-corrected chi connectivity index (χ0v) is 19.6. The van der Waals surface area contributed by atoms with Gasteiger partial charge in [0.05, 0.1) is 24.9 Å². The Bertz CT molecular complexity index is 669. The molecule has 2 fully saturated rings. The Morgan fingerprint density at radius 1 is 1.24 bits per heavy atom. The maximum absolute atomic E-state index is 12.9. The van der Waals surface area contributed by atoms with Gasteiger partial charge in [-0.05, 0) is 49.4 Å². The van der Waals surface area contributed by atoms with Crippen LogP contribution >= 0.6 is 0 Å². The number of hydrogen-bond acceptors (Lipinski definition) is 4. The lowest BCUT2D eigenvalue weighted by atomic mass is 9.95. The molecule has 0 saturated carbocycles. The van der Waals surface area contributed by atoms with Gasteiger partial charge in [-0.15, -0.1) is 0 Å². The van der Waals surface area contributed by atoms with E-state index in [4.69, 9.17) is 13.9 Å². The Kier molecular flexibility index (Phi) is 7.07. The van der Waals surface area contributed by atoms with Gasteiger partial charge in [-0.1, -0.05) is 51.1 Å². The van der Waals surface area contributed by atoms with Crippen LogP contribution in [-0.2, 0) is 20.5 Å². The topological polar surface area (TPSA) is 51.3 Å². The fourth-order valence-electron chi connectivity index (χ4n) is 4.67. The van der Waals surface area contributed by atoms with Crippen LogP contribution in [0.1, 0.15) is 45.6 Å². The van der Waals surface area contributed by atoms with Crippen molar-refractivity contribution in [2.45, 2.75) is 84.0 Å². The van der Waals surface area contributed by atoms with E-state index in [0.717, 1.165) is 44.0 Å². The highest BCUT2D eigenvalue weighted by molar-refractivity contribution is 6.71. The number of carbonyl (C=O) groups excluding carboxylic acids is 1. The van der Waals surface area contributed by atoms with Crippen molar-refractivity contribution in [2.75, 3.05) is 13.2 Å². The predicted molar refractivity (Wildman–Crippen MR) is 117 cm³/mol. The second-order valence-corrected chi connectivity index (χ2v) is 14.4. The van der Waals surface area contributed by atoms with Crippen LogP contribution in [0.4, 0.5) is 4.79 Å². The molecule has 29 heavy (non-hydrogen) atoms. The van der Waals surface area contributed by atoms with E-state index in [-0.39, 0.29) is 29.8 Å². The molecule has 0 N–H and O–H groups in total. The van der Waals surface area contributed by atoms with E-state index in [2.05, 4.69) is 33.9 Å². The van der Waals surface area contributed by atoms with Crippen LogP contribution in [0.15, 0.2) is 30.3 Å². The van der Waals surface area contributed by atoms with Crippen molar-refractivity contribution in [1.82, 2.24) is 4.90 Å². The van der Waals surface area contributed by atoms with Gasteiger partial charge in [-0.3, -0.25) is 0 Å². The summed E-state index contributed by atoms with van der Waals surface area (Å²) in [6, 6.07) is 11.0. The lowest BCUT2D eigenvalue weighted by Crippen LogP contribution is -2.55. The summed E-state index contributed by atoms with van der Waals surface area (Å²) in [7, 11) is -1.85. The summed E-state index contributed by atoms with van der Waals surface area (Å²) in [4.78, 5) is 14.8. The SMILES string of the molecule is CC(C)(C)C[Si](C)(C)O[C@H]1CCCN(C(=O)OCc2ccccc2)[C@@H]1CC1CO1. The number of piperidine rings is 1. The first-order valence-electron chi connectivity index (χ1n) is 10.9. The molecule has 0 aromatic heterocycles. The van der Waals surface area contributed by atoms with E-state index in [1.807, 2.05) is 35.2 Å². The normalized spacial score (nSPS) is 25.0. The Morgan fingerprint density at radius 3 is 2.55 bits per heavy atom. The third-order valence-electron chi connectivity index (χ3n) is 5.49. The molecule has 0 radical (unpaired) electrons. The minimum Gasteiger partial charge on any atom is -0.445 e.